The van der Waals surface area contributed by atoms with E-state index in [1.165, 1.54) is 17.0 Å². The molecular formula is C13H16ClN5O9P2. The molecule has 2 aromatic rings. The molecule has 1 fully saturated rings. The van der Waals surface area contributed by atoms with Gasteiger partial charge < -0.3 is 30.6 Å². The maximum Gasteiger partial charge on any atom is 0.481 e. The number of rotatable bonds is 6. The summed E-state index contributed by atoms with van der Waals surface area (Å²) in [6.45, 7) is -0.671. The van der Waals surface area contributed by atoms with Crippen molar-refractivity contribution in [1.82, 2.24) is 19.5 Å². The van der Waals surface area contributed by atoms with Crippen molar-refractivity contribution >= 4 is 44.2 Å². The highest BCUT2D eigenvalue weighted by molar-refractivity contribution is 7.60. The summed E-state index contributed by atoms with van der Waals surface area (Å²) in [4.78, 5) is 38.8. The molecular weight excluding hydrogens is 468 g/mol. The van der Waals surface area contributed by atoms with Crippen LogP contribution in [0.5, 0.6) is 0 Å². The minimum Gasteiger partial charge on any atom is -0.387 e. The van der Waals surface area contributed by atoms with Gasteiger partial charge in [0.2, 0.25) is 5.28 Å². The topological polar surface area (TPSA) is 223 Å². The monoisotopic (exact) mass is 483 g/mol. The van der Waals surface area contributed by atoms with Crippen LogP contribution in [0, 0.1) is 11.3 Å². The predicted octanol–water partition coefficient (Wildman–Crippen LogP) is -0.130. The number of nitrogen functional groups attached to an aromatic ring is 1. The number of fused-ring (bicyclic) bond motifs is 2. The molecule has 4 rings (SSSR count). The Kier molecular flexibility index (Phi) is 4.92. The highest BCUT2D eigenvalue weighted by Crippen LogP contribution is 2.62. The Morgan fingerprint density at radius 1 is 1.33 bits per heavy atom. The fourth-order valence-corrected chi connectivity index (χ4v) is 5.71. The fourth-order valence-electron chi connectivity index (χ4n) is 3.89. The molecule has 1 saturated carbocycles. The molecule has 17 heteroatoms. The lowest BCUT2D eigenvalue weighted by Crippen LogP contribution is -2.50. The van der Waals surface area contributed by atoms with Gasteiger partial charge in [-0.05, 0) is 17.5 Å². The maximum absolute atomic E-state index is 11.8. The molecule has 2 aliphatic rings. The van der Waals surface area contributed by atoms with Gasteiger partial charge in [0.15, 0.2) is 17.2 Å². The van der Waals surface area contributed by atoms with Gasteiger partial charge >= 0.3 is 15.6 Å². The Bertz CT molecular complexity index is 1150. The van der Waals surface area contributed by atoms with E-state index in [0.717, 1.165) is 0 Å². The first-order valence-corrected chi connectivity index (χ1v) is 11.7. The molecule has 0 spiro atoms. The minimum absolute atomic E-state index is 0.0326. The van der Waals surface area contributed by atoms with Crippen LogP contribution in [-0.4, -0.2) is 57.1 Å². The van der Waals surface area contributed by atoms with Gasteiger partial charge in [0, 0.05) is 11.8 Å². The molecule has 14 nitrogen and oxygen atoms in total. The molecule has 164 valence electrons. The summed E-state index contributed by atoms with van der Waals surface area (Å²) in [7, 11) is -10.4. The van der Waals surface area contributed by atoms with Crippen molar-refractivity contribution in [3.05, 3.63) is 23.8 Å². The van der Waals surface area contributed by atoms with Crippen LogP contribution in [0.2, 0.25) is 5.28 Å². The third-order valence-corrected chi connectivity index (χ3v) is 7.60. The average molecular weight is 484 g/mol. The van der Waals surface area contributed by atoms with E-state index in [-0.39, 0.29) is 28.7 Å². The second kappa shape index (κ2) is 6.78. The zero-order valence-corrected chi connectivity index (χ0v) is 17.4. The number of phosphoric acid groups is 2. The molecule has 0 aromatic carbocycles. The van der Waals surface area contributed by atoms with Crippen molar-refractivity contribution in [2.45, 2.75) is 18.2 Å². The number of nitrogens with two attached hydrogens (primary N) is 1. The van der Waals surface area contributed by atoms with Crippen molar-refractivity contribution in [3.8, 4) is 0 Å². The Labute approximate surface area is 172 Å². The number of aliphatic hydroxyl groups is 2. The summed E-state index contributed by atoms with van der Waals surface area (Å²) < 4.78 is 32.2. The summed E-state index contributed by atoms with van der Waals surface area (Å²) in [6, 6.07) is 0. The van der Waals surface area contributed by atoms with Crippen molar-refractivity contribution in [2.24, 2.45) is 11.3 Å². The SMILES string of the molecule is Nc1nc(Cl)nc2c1ncn2[C@@]1(O)C[C@H]2C=C[C@@]2(COP(=O)(O)OP(=O)(O)O)[C@H]1O. The summed E-state index contributed by atoms with van der Waals surface area (Å²) in [6.07, 6.45) is 2.65. The number of hydrogen-bond donors (Lipinski definition) is 6. The molecule has 0 aliphatic heterocycles. The van der Waals surface area contributed by atoms with Crippen LogP contribution in [-0.2, 0) is 23.7 Å². The Hall–Kier alpha value is -1.44. The van der Waals surface area contributed by atoms with Crippen LogP contribution >= 0.6 is 27.2 Å². The lowest BCUT2D eigenvalue weighted by atomic mass is 9.68. The van der Waals surface area contributed by atoms with E-state index < -0.39 is 45.4 Å². The highest BCUT2D eigenvalue weighted by Gasteiger charge is 2.65. The molecule has 2 aromatic heterocycles. The molecule has 0 saturated heterocycles. The maximum atomic E-state index is 11.8. The number of anilines is 1. The number of halogens is 1. The number of phosphoric ester groups is 1. The molecule has 0 bridgehead atoms. The van der Waals surface area contributed by atoms with Crippen molar-refractivity contribution in [1.29, 1.82) is 0 Å². The summed E-state index contributed by atoms with van der Waals surface area (Å²) in [5, 5.41) is 22.1. The summed E-state index contributed by atoms with van der Waals surface area (Å²) >= 11 is 5.83. The fraction of sp³-hybridized carbons (Fsp3) is 0.462. The van der Waals surface area contributed by atoms with E-state index in [1.54, 1.807) is 6.08 Å². The van der Waals surface area contributed by atoms with Gasteiger partial charge in [-0.25, -0.2) is 14.1 Å². The first-order valence-electron chi connectivity index (χ1n) is 8.28. The van der Waals surface area contributed by atoms with E-state index in [9.17, 15) is 24.2 Å². The molecule has 2 aliphatic carbocycles. The molecule has 0 radical (unpaired) electrons. The predicted molar refractivity (Wildman–Crippen MR) is 99.5 cm³/mol. The van der Waals surface area contributed by atoms with E-state index in [0.29, 0.717) is 0 Å². The summed E-state index contributed by atoms with van der Waals surface area (Å²) in [5.41, 5.74) is 2.64. The lowest BCUT2D eigenvalue weighted by molar-refractivity contribution is -0.140. The zero-order valence-electron chi connectivity index (χ0n) is 14.8. The second-order valence-corrected chi connectivity index (χ2v) is 10.2. The van der Waals surface area contributed by atoms with Gasteiger partial charge in [-0.1, -0.05) is 12.2 Å². The van der Waals surface area contributed by atoms with Crippen molar-refractivity contribution < 1.29 is 42.9 Å². The van der Waals surface area contributed by atoms with Gasteiger partial charge in [0.25, 0.3) is 0 Å². The molecule has 1 unspecified atom stereocenters. The van der Waals surface area contributed by atoms with Crippen LogP contribution in [0.1, 0.15) is 6.42 Å². The molecule has 2 heterocycles. The molecule has 30 heavy (non-hydrogen) atoms. The normalized spacial score (nSPS) is 32.7. The van der Waals surface area contributed by atoms with Crippen molar-refractivity contribution in [2.75, 3.05) is 12.3 Å². The Balaban J connectivity index is 1.65. The Morgan fingerprint density at radius 2 is 2.03 bits per heavy atom. The van der Waals surface area contributed by atoms with E-state index in [4.69, 9.17) is 31.6 Å². The first-order chi connectivity index (χ1) is 13.8. The van der Waals surface area contributed by atoms with Gasteiger partial charge in [0.1, 0.15) is 11.6 Å². The third kappa shape index (κ3) is 3.39. The van der Waals surface area contributed by atoms with Crippen LogP contribution < -0.4 is 5.73 Å². The van der Waals surface area contributed by atoms with E-state index in [1.807, 2.05) is 0 Å². The van der Waals surface area contributed by atoms with Gasteiger partial charge in [-0.2, -0.15) is 14.3 Å². The smallest absolute Gasteiger partial charge is 0.387 e. The van der Waals surface area contributed by atoms with Crippen LogP contribution in [0.3, 0.4) is 0 Å². The van der Waals surface area contributed by atoms with E-state index in [2.05, 4.69) is 19.3 Å². The average Bonchev–Trinajstić information content (AvgIpc) is 3.06. The summed E-state index contributed by atoms with van der Waals surface area (Å²) in [5.74, 6) is -0.547. The van der Waals surface area contributed by atoms with E-state index >= 15 is 0 Å². The second-order valence-electron chi connectivity index (χ2n) is 7.04. The molecule has 5 atom stereocenters. The van der Waals surface area contributed by atoms with Gasteiger partial charge in [0.05, 0.1) is 12.9 Å². The zero-order chi connectivity index (χ0) is 22.1. The quantitative estimate of drug-likeness (QED) is 0.179. The van der Waals surface area contributed by atoms with Crippen LogP contribution in [0.15, 0.2) is 18.5 Å². The van der Waals surface area contributed by atoms with Crippen LogP contribution in [0.25, 0.3) is 11.2 Å². The van der Waals surface area contributed by atoms with Gasteiger partial charge in [-0.15, -0.1) is 0 Å². The number of allylic oxidation sites excluding steroid dienone is 1. The number of imidazole rings is 1. The third-order valence-electron chi connectivity index (χ3n) is 5.30. The number of nitrogens with zero attached hydrogens (tertiary/aromatic N) is 4. The minimum atomic E-state index is -5.30. The highest BCUT2D eigenvalue weighted by atomic mass is 35.5. The molecule has 0 amide bonds. The van der Waals surface area contributed by atoms with Crippen LogP contribution in [0.4, 0.5) is 5.82 Å². The molecule has 7 N–H and O–H groups in total. The lowest BCUT2D eigenvalue weighted by Gasteiger charge is -2.41. The van der Waals surface area contributed by atoms with Gasteiger partial charge in [-0.3, -0.25) is 9.09 Å². The number of aromatic nitrogens is 4. The largest absolute Gasteiger partial charge is 0.481 e. The number of aliphatic hydroxyl groups excluding tert-OH is 1. The Morgan fingerprint density at radius 3 is 2.63 bits per heavy atom. The first kappa shape index (κ1) is 21.8. The number of hydrogen-bond acceptors (Lipinski definition) is 10. The standard InChI is InChI=1S/C13H16ClN5O9P2/c14-11-17-8(15)7-9(18-11)19(5-16-7)13(21)3-6-1-2-12(6,10(13)20)4-27-30(25,26)28-29(22,23)24/h1-2,5-6,10,20-21H,3-4H2,(H,25,26)(H2,15,17,18)(H2,22,23,24)/t6-,10-,12+,13-/m1/s1. The van der Waals surface area contributed by atoms with Crippen molar-refractivity contribution in [3.63, 3.8) is 0 Å².